The van der Waals surface area contributed by atoms with E-state index in [1.807, 2.05) is 12.1 Å². The second kappa shape index (κ2) is 8.51. The number of aromatic nitrogens is 1. The molecular weight excluding hydrogens is 290 g/mol. The molecule has 124 valence electrons. The fourth-order valence-electron chi connectivity index (χ4n) is 2.80. The highest BCUT2D eigenvalue weighted by Gasteiger charge is 2.19. The first-order valence-electron chi connectivity index (χ1n) is 8.50. The Hall–Kier alpha value is -2.10. The van der Waals surface area contributed by atoms with Crippen LogP contribution in [0.3, 0.4) is 0 Å². The molecule has 0 aliphatic heterocycles. The molecule has 23 heavy (non-hydrogen) atoms. The van der Waals surface area contributed by atoms with Gasteiger partial charge < -0.3 is 9.72 Å². The Morgan fingerprint density at radius 1 is 1.09 bits per heavy atom. The molecule has 4 heteroatoms. The molecule has 0 aliphatic carbocycles. The number of aromatic amines is 1. The molecule has 0 saturated carbocycles. The Kier molecular flexibility index (Phi) is 6.39. The second-order valence-electron chi connectivity index (χ2n) is 5.74. The van der Waals surface area contributed by atoms with E-state index in [0.717, 1.165) is 18.4 Å². The maximum Gasteiger partial charge on any atom is 0.343 e. The molecule has 0 unspecified atom stereocenters. The lowest BCUT2D eigenvalue weighted by Crippen LogP contribution is -2.22. The number of carbonyl (C=O) groups is 1. The maximum absolute atomic E-state index is 12.7. The Morgan fingerprint density at radius 3 is 2.57 bits per heavy atom. The van der Waals surface area contributed by atoms with Gasteiger partial charge in [-0.05, 0) is 31.9 Å². The topological polar surface area (TPSA) is 59.2 Å². The molecule has 1 heterocycles. The predicted molar refractivity (Wildman–Crippen MR) is 93.0 cm³/mol. The van der Waals surface area contributed by atoms with Crippen LogP contribution < -0.4 is 5.43 Å². The zero-order chi connectivity index (χ0) is 16.7. The monoisotopic (exact) mass is 315 g/mol. The Labute approximate surface area is 136 Å². The number of ether oxygens (including phenoxy) is 1. The highest BCUT2D eigenvalue weighted by Crippen LogP contribution is 2.15. The molecule has 0 spiro atoms. The summed E-state index contributed by atoms with van der Waals surface area (Å²) in [7, 11) is 0. The summed E-state index contributed by atoms with van der Waals surface area (Å²) >= 11 is 0. The third-order valence-corrected chi connectivity index (χ3v) is 4.00. The number of H-pyrrole nitrogens is 1. The van der Waals surface area contributed by atoms with Crippen LogP contribution >= 0.6 is 0 Å². The highest BCUT2D eigenvalue weighted by molar-refractivity contribution is 5.95. The lowest BCUT2D eigenvalue weighted by atomic mass is 10.0. The number of rotatable bonds is 8. The summed E-state index contributed by atoms with van der Waals surface area (Å²) in [6.07, 6.45) is 6.35. The summed E-state index contributed by atoms with van der Waals surface area (Å²) in [5, 5.41) is 0.533. The number of fused-ring (bicyclic) bond motifs is 1. The number of carbonyl (C=O) groups excluding carboxylic acids is 1. The smallest absolute Gasteiger partial charge is 0.343 e. The summed E-state index contributed by atoms with van der Waals surface area (Å²) in [5.41, 5.74) is 1.40. The Balaban J connectivity index is 2.34. The first-order chi connectivity index (χ1) is 11.2. The van der Waals surface area contributed by atoms with E-state index in [-0.39, 0.29) is 17.6 Å². The third-order valence-electron chi connectivity index (χ3n) is 4.00. The van der Waals surface area contributed by atoms with Gasteiger partial charge in [0.15, 0.2) is 0 Å². The minimum Gasteiger partial charge on any atom is -0.462 e. The SMILES string of the molecule is CCCCCCCc1[nH]c2ccccc2c(=O)c1C(=O)OCC. The number of nitrogens with one attached hydrogen (secondary N) is 1. The van der Waals surface area contributed by atoms with E-state index >= 15 is 0 Å². The minimum atomic E-state index is -0.525. The zero-order valence-electron chi connectivity index (χ0n) is 14.0. The molecule has 0 radical (unpaired) electrons. The van der Waals surface area contributed by atoms with Gasteiger partial charge in [-0.3, -0.25) is 4.79 Å². The van der Waals surface area contributed by atoms with Crippen molar-refractivity contribution in [2.75, 3.05) is 6.61 Å². The standard InChI is InChI=1S/C19H25NO3/c1-3-5-6-7-8-13-16-17(19(22)23-4-2)18(21)14-11-9-10-12-15(14)20-16/h9-12H,3-8,13H2,1-2H3,(H,20,21). The van der Waals surface area contributed by atoms with E-state index in [2.05, 4.69) is 11.9 Å². The number of hydrogen-bond acceptors (Lipinski definition) is 3. The van der Waals surface area contributed by atoms with E-state index < -0.39 is 5.97 Å². The van der Waals surface area contributed by atoms with Crippen LogP contribution in [0.1, 0.15) is 62.0 Å². The number of unbranched alkanes of at least 4 members (excludes halogenated alkanes) is 4. The van der Waals surface area contributed by atoms with Gasteiger partial charge in [0.05, 0.1) is 6.61 Å². The minimum absolute atomic E-state index is 0.168. The lowest BCUT2D eigenvalue weighted by molar-refractivity contribution is 0.0523. The number of benzene rings is 1. The van der Waals surface area contributed by atoms with Crippen LogP contribution in [-0.4, -0.2) is 17.6 Å². The van der Waals surface area contributed by atoms with Crippen LogP contribution in [0.4, 0.5) is 0 Å². The largest absolute Gasteiger partial charge is 0.462 e. The molecule has 2 rings (SSSR count). The quantitative estimate of drug-likeness (QED) is 0.586. The van der Waals surface area contributed by atoms with E-state index in [1.54, 1.807) is 19.1 Å². The molecule has 1 N–H and O–H groups in total. The van der Waals surface area contributed by atoms with Crippen molar-refractivity contribution in [1.29, 1.82) is 0 Å². The van der Waals surface area contributed by atoms with Gasteiger partial charge in [-0.2, -0.15) is 0 Å². The van der Waals surface area contributed by atoms with Crippen molar-refractivity contribution in [2.45, 2.75) is 52.4 Å². The highest BCUT2D eigenvalue weighted by atomic mass is 16.5. The van der Waals surface area contributed by atoms with Crippen LogP contribution in [0, 0.1) is 0 Å². The van der Waals surface area contributed by atoms with Gasteiger partial charge in [0, 0.05) is 16.6 Å². The fourth-order valence-corrected chi connectivity index (χ4v) is 2.80. The zero-order valence-corrected chi connectivity index (χ0v) is 14.0. The number of esters is 1. The first-order valence-corrected chi connectivity index (χ1v) is 8.50. The normalized spacial score (nSPS) is 10.9. The van der Waals surface area contributed by atoms with Crippen LogP contribution in [0.5, 0.6) is 0 Å². The van der Waals surface area contributed by atoms with Gasteiger partial charge in [0.25, 0.3) is 0 Å². The van der Waals surface area contributed by atoms with Gasteiger partial charge >= 0.3 is 5.97 Å². The van der Waals surface area contributed by atoms with Crippen molar-refractivity contribution < 1.29 is 9.53 Å². The summed E-state index contributed by atoms with van der Waals surface area (Å²) in [6, 6.07) is 7.29. The van der Waals surface area contributed by atoms with E-state index in [0.29, 0.717) is 17.5 Å². The van der Waals surface area contributed by atoms with Crippen molar-refractivity contribution in [2.24, 2.45) is 0 Å². The van der Waals surface area contributed by atoms with E-state index in [9.17, 15) is 9.59 Å². The van der Waals surface area contributed by atoms with Gasteiger partial charge in [-0.1, -0.05) is 44.7 Å². The number of para-hydroxylation sites is 1. The summed E-state index contributed by atoms with van der Waals surface area (Å²) in [4.78, 5) is 28.2. The van der Waals surface area contributed by atoms with Gasteiger partial charge in [-0.15, -0.1) is 0 Å². The van der Waals surface area contributed by atoms with Gasteiger partial charge in [0.1, 0.15) is 5.56 Å². The van der Waals surface area contributed by atoms with Crippen molar-refractivity contribution in [3.63, 3.8) is 0 Å². The van der Waals surface area contributed by atoms with Crippen molar-refractivity contribution in [3.8, 4) is 0 Å². The molecule has 2 aromatic rings. The van der Waals surface area contributed by atoms with Crippen LogP contribution in [-0.2, 0) is 11.2 Å². The van der Waals surface area contributed by atoms with Gasteiger partial charge in [0.2, 0.25) is 5.43 Å². The van der Waals surface area contributed by atoms with Crippen molar-refractivity contribution >= 4 is 16.9 Å². The molecule has 0 atom stereocenters. The Morgan fingerprint density at radius 2 is 1.83 bits per heavy atom. The van der Waals surface area contributed by atoms with Gasteiger partial charge in [-0.25, -0.2) is 4.79 Å². The molecule has 0 saturated heterocycles. The average Bonchev–Trinajstić information content (AvgIpc) is 2.55. The maximum atomic E-state index is 12.7. The number of aryl methyl sites for hydroxylation is 1. The molecular formula is C19H25NO3. The van der Waals surface area contributed by atoms with Crippen LogP contribution in [0.25, 0.3) is 10.9 Å². The molecule has 1 aromatic carbocycles. The van der Waals surface area contributed by atoms with Crippen LogP contribution in [0.2, 0.25) is 0 Å². The first kappa shape index (κ1) is 17.3. The Bertz CT molecular complexity index is 718. The third kappa shape index (κ3) is 4.21. The molecule has 0 aliphatic rings. The van der Waals surface area contributed by atoms with E-state index in [4.69, 9.17) is 4.74 Å². The number of hydrogen-bond donors (Lipinski definition) is 1. The molecule has 0 fully saturated rings. The van der Waals surface area contributed by atoms with Crippen molar-refractivity contribution in [1.82, 2.24) is 4.98 Å². The van der Waals surface area contributed by atoms with E-state index in [1.165, 1.54) is 19.3 Å². The van der Waals surface area contributed by atoms with Crippen LogP contribution in [0.15, 0.2) is 29.1 Å². The summed E-state index contributed by atoms with van der Waals surface area (Å²) in [5.74, 6) is -0.525. The molecule has 4 nitrogen and oxygen atoms in total. The fraction of sp³-hybridized carbons (Fsp3) is 0.474. The molecule has 0 bridgehead atoms. The second-order valence-corrected chi connectivity index (χ2v) is 5.74. The molecule has 1 aromatic heterocycles. The summed E-state index contributed by atoms with van der Waals surface area (Å²) in [6.45, 7) is 4.19. The average molecular weight is 315 g/mol. The lowest BCUT2D eigenvalue weighted by Gasteiger charge is -2.10. The molecule has 0 amide bonds. The predicted octanol–water partition coefficient (Wildman–Crippen LogP) is 4.22. The summed E-state index contributed by atoms with van der Waals surface area (Å²) < 4.78 is 5.08. The van der Waals surface area contributed by atoms with Crippen molar-refractivity contribution in [3.05, 3.63) is 45.7 Å². The number of pyridine rings is 1.